The summed E-state index contributed by atoms with van der Waals surface area (Å²) in [5.74, 6) is 2.86. The molecule has 0 atom stereocenters. The van der Waals surface area contributed by atoms with Crippen molar-refractivity contribution in [2.75, 3.05) is 39.4 Å². The van der Waals surface area contributed by atoms with E-state index < -0.39 is 0 Å². The number of nitrogens with zero attached hydrogens (tertiary/aromatic N) is 6. The number of thiazole rings is 3. The van der Waals surface area contributed by atoms with Gasteiger partial charge in [0.1, 0.15) is 24.7 Å². The molecular formula is C45H48N6O6S3. The third kappa shape index (κ3) is 12.5. The van der Waals surface area contributed by atoms with E-state index in [0.29, 0.717) is 30.6 Å². The Morgan fingerprint density at radius 2 is 1.22 bits per heavy atom. The lowest BCUT2D eigenvalue weighted by Crippen LogP contribution is -2.39. The van der Waals surface area contributed by atoms with E-state index in [1.165, 1.54) is 27.4 Å². The lowest BCUT2D eigenvalue weighted by molar-refractivity contribution is 0.0785. The average molecular weight is 865 g/mol. The van der Waals surface area contributed by atoms with E-state index in [9.17, 15) is 9.59 Å². The molecule has 312 valence electrons. The fourth-order valence-corrected chi connectivity index (χ4v) is 9.05. The van der Waals surface area contributed by atoms with Gasteiger partial charge >= 0.3 is 12.2 Å². The number of rotatable bonds is 13. The highest BCUT2D eigenvalue weighted by Gasteiger charge is 2.25. The summed E-state index contributed by atoms with van der Waals surface area (Å²) in [5, 5.41) is 13.8. The summed E-state index contributed by atoms with van der Waals surface area (Å²) in [7, 11) is 0. The van der Waals surface area contributed by atoms with E-state index in [-0.39, 0.29) is 25.4 Å². The number of ether oxygens (including phenoxy) is 4. The topological polar surface area (TPSA) is 140 Å². The molecule has 60 heavy (non-hydrogen) atoms. The highest BCUT2D eigenvalue weighted by atomic mass is 32.1. The van der Waals surface area contributed by atoms with Crippen LogP contribution in [0.4, 0.5) is 9.59 Å². The monoisotopic (exact) mass is 864 g/mol. The van der Waals surface area contributed by atoms with Gasteiger partial charge in [-0.15, -0.1) is 34.0 Å². The molecule has 12 nitrogen and oxygen atoms in total. The summed E-state index contributed by atoms with van der Waals surface area (Å²) in [5.41, 5.74) is 8.91. The minimum absolute atomic E-state index is 0.236. The molecule has 2 aliphatic heterocycles. The molecule has 0 radical (unpaired) electrons. The summed E-state index contributed by atoms with van der Waals surface area (Å²) in [6.07, 6.45) is 5.37. The maximum atomic E-state index is 12.2. The summed E-state index contributed by atoms with van der Waals surface area (Å²) >= 11 is 4.70. The number of amides is 2. The maximum Gasteiger partial charge on any atom is 0.410 e. The van der Waals surface area contributed by atoms with Crippen LogP contribution < -0.4 is 9.47 Å². The lowest BCUT2D eigenvalue weighted by Gasteiger charge is -2.31. The quantitative estimate of drug-likeness (QED) is 0.110. The molecular weight excluding hydrogens is 817 g/mol. The largest absolute Gasteiger partial charge is 0.494 e. The first-order valence-electron chi connectivity index (χ1n) is 20.2. The Labute approximate surface area is 362 Å². The molecule has 15 heteroatoms. The molecule has 0 spiro atoms. The second-order valence-electron chi connectivity index (χ2n) is 14.8. The van der Waals surface area contributed by atoms with Gasteiger partial charge in [-0.05, 0) is 105 Å². The van der Waals surface area contributed by atoms with E-state index >= 15 is 0 Å². The Hall–Kier alpha value is -5.56. The van der Waals surface area contributed by atoms with Gasteiger partial charge in [-0.3, -0.25) is 0 Å². The zero-order valence-corrected chi connectivity index (χ0v) is 36.0. The van der Waals surface area contributed by atoms with Crippen LogP contribution in [0, 0.1) is 30.1 Å². The van der Waals surface area contributed by atoms with Gasteiger partial charge in [-0.2, -0.15) is 5.26 Å². The molecule has 2 amide bonds. The number of hydrogen-bond donors (Lipinski definition) is 0. The van der Waals surface area contributed by atoms with Gasteiger partial charge < -0.3 is 28.7 Å². The van der Waals surface area contributed by atoms with Crippen molar-refractivity contribution < 1.29 is 28.5 Å². The first kappa shape index (κ1) is 42.6. The molecule has 8 rings (SSSR count). The average Bonchev–Trinajstić information content (AvgIpc) is 4.09. The van der Waals surface area contributed by atoms with E-state index in [2.05, 4.69) is 27.1 Å². The van der Waals surface area contributed by atoms with Gasteiger partial charge in [-0.25, -0.2) is 24.5 Å². The first-order valence-corrected chi connectivity index (χ1v) is 22.9. The van der Waals surface area contributed by atoms with Crippen molar-refractivity contribution in [1.82, 2.24) is 24.8 Å². The fraction of sp³-hybridized carbons (Fsp3) is 0.378. The van der Waals surface area contributed by atoms with E-state index in [1.54, 1.807) is 32.2 Å². The Bertz CT molecular complexity index is 2280. The number of nitriles is 1. The number of carbonyl (C=O) groups excluding carboxylic acids is 2. The van der Waals surface area contributed by atoms with Gasteiger partial charge in [0.2, 0.25) is 0 Å². The van der Waals surface area contributed by atoms with Crippen LogP contribution in [0.25, 0.3) is 21.3 Å². The van der Waals surface area contributed by atoms with Crippen LogP contribution in [0.3, 0.4) is 0 Å². The van der Waals surface area contributed by atoms with Gasteiger partial charge in [-0.1, -0.05) is 24.3 Å². The number of likely N-dealkylation sites (tertiary alicyclic amines) is 2. The van der Waals surface area contributed by atoms with Crippen molar-refractivity contribution in [2.45, 2.75) is 58.7 Å². The molecule has 2 aliphatic rings. The highest BCUT2D eigenvalue weighted by Crippen LogP contribution is 2.28. The first-order chi connectivity index (χ1) is 29.4. The molecule has 0 aliphatic carbocycles. The number of piperidine rings is 2. The number of hydrogen-bond acceptors (Lipinski definition) is 13. The minimum atomic E-state index is -0.255. The summed E-state index contributed by atoms with van der Waals surface area (Å²) < 4.78 is 23.7. The van der Waals surface area contributed by atoms with Crippen molar-refractivity contribution in [3.05, 3.63) is 110 Å². The molecule has 2 fully saturated rings. The molecule has 6 aromatic rings. The Kier molecular flexibility index (Phi) is 15.3. The van der Waals surface area contributed by atoms with Crippen LogP contribution in [0.1, 0.15) is 60.5 Å². The standard InChI is InChI=1S/C25H25N3O3S.C20H23N3O3S2/c26-15-20-1-3-21(4-2-20)22-5-7-24(8-6-22)30-14-11-19-9-12-28(13-10-19)25(29)31-16-23-17-32-18-27-23;1-14-22-18-10-17(2-3-19(18)28-14)25-9-6-15-4-7-23(8-5-15)20(24)26-11-16-12-27-13-21-16/h1-8,17-19H,9-14,16H2;2-3,10,12-13,15H,4-9,11H2,1H3. The zero-order valence-electron chi connectivity index (χ0n) is 33.6. The van der Waals surface area contributed by atoms with Crippen molar-refractivity contribution in [1.29, 1.82) is 5.26 Å². The van der Waals surface area contributed by atoms with Crippen molar-refractivity contribution >= 4 is 56.4 Å². The fourth-order valence-electron chi connectivity index (χ4n) is 7.16. The van der Waals surface area contributed by atoms with E-state index in [0.717, 1.165) is 109 Å². The van der Waals surface area contributed by atoms with Crippen molar-refractivity contribution in [2.24, 2.45) is 11.8 Å². The molecule has 3 aromatic carbocycles. The number of aryl methyl sites for hydroxylation is 1. The third-order valence-electron chi connectivity index (χ3n) is 10.7. The number of carbonyl (C=O) groups is 2. The number of aromatic nitrogens is 3. The second-order valence-corrected chi connectivity index (χ2v) is 17.5. The number of benzene rings is 3. The predicted octanol–water partition coefficient (Wildman–Crippen LogP) is 10.4. The normalized spacial score (nSPS) is 14.5. The molecule has 2 saturated heterocycles. The zero-order chi connectivity index (χ0) is 41.5. The molecule has 0 N–H and O–H groups in total. The minimum Gasteiger partial charge on any atom is -0.494 e. The Balaban J connectivity index is 0.000000183. The van der Waals surface area contributed by atoms with Gasteiger partial charge in [0, 0.05) is 43.0 Å². The van der Waals surface area contributed by atoms with Gasteiger partial charge in [0.15, 0.2) is 0 Å². The number of fused-ring (bicyclic) bond motifs is 1. The maximum absolute atomic E-state index is 12.2. The second kappa shape index (κ2) is 21.6. The van der Waals surface area contributed by atoms with E-state index in [4.69, 9.17) is 24.2 Å². The van der Waals surface area contributed by atoms with E-state index in [1.807, 2.05) is 78.3 Å². The van der Waals surface area contributed by atoms with Crippen molar-refractivity contribution in [3.63, 3.8) is 0 Å². The van der Waals surface area contributed by atoms with Crippen LogP contribution in [-0.4, -0.2) is 76.3 Å². The van der Waals surface area contributed by atoms with Crippen LogP contribution in [-0.2, 0) is 22.7 Å². The highest BCUT2D eigenvalue weighted by molar-refractivity contribution is 7.18. The Morgan fingerprint density at radius 3 is 1.72 bits per heavy atom. The SMILES string of the molecule is Cc1nc2cc(OCCC3CCN(C(=O)OCc4cscn4)CC3)ccc2s1.N#Cc1ccc(-c2ccc(OCCC3CCN(C(=O)OCc4cscn4)CC3)cc2)cc1. The molecule has 0 bridgehead atoms. The van der Waals surface area contributed by atoms with Gasteiger partial charge in [0.25, 0.3) is 0 Å². The molecule has 0 unspecified atom stereocenters. The van der Waals surface area contributed by atoms with Crippen LogP contribution in [0.2, 0.25) is 0 Å². The summed E-state index contributed by atoms with van der Waals surface area (Å²) in [6.45, 7) is 6.78. The third-order valence-corrected chi connectivity index (χ3v) is 12.9. The molecule has 5 heterocycles. The smallest absolute Gasteiger partial charge is 0.410 e. The molecule has 0 saturated carbocycles. The predicted molar refractivity (Wildman–Crippen MR) is 234 cm³/mol. The summed E-state index contributed by atoms with van der Waals surface area (Å²) in [4.78, 5) is 40.7. The molecule has 3 aromatic heterocycles. The van der Waals surface area contributed by atoms with Crippen LogP contribution in [0.5, 0.6) is 11.5 Å². The lowest BCUT2D eigenvalue weighted by atomic mass is 9.94. The van der Waals surface area contributed by atoms with Gasteiger partial charge in [0.05, 0.1) is 62.5 Å². The van der Waals surface area contributed by atoms with Crippen LogP contribution in [0.15, 0.2) is 88.5 Å². The summed E-state index contributed by atoms with van der Waals surface area (Å²) in [6, 6.07) is 23.8. The van der Waals surface area contributed by atoms with Crippen LogP contribution >= 0.6 is 34.0 Å². The Morgan fingerprint density at radius 1 is 0.717 bits per heavy atom. The van der Waals surface area contributed by atoms with Crippen molar-refractivity contribution in [3.8, 4) is 28.7 Å².